The molecule has 2 aromatic carbocycles. The van der Waals surface area contributed by atoms with Crippen molar-refractivity contribution >= 4 is 11.9 Å². The van der Waals surface area contributed by atoms with E-state index >= 15 is 0 Å². The largest absolute Gasteiger partial charge is 0.465 e. The second-order valence-electron chi connectivity index (χ2n) is 7.86. The van der Waals surface area contributed by atoms with E-state index < -0.39 is 6.29 Å². The van der Waals surface area contributed by atoms with E-state index in [1.165, 1.54) is 0 Å². The van der Waals surface area contributed by atoms with E-state index in [1.54, 1.807) is 14.2 Å². The highest BCUT2D eigenvalue weighted by Gasteiger charge is 2.19. The van der Waals surface area contributed by atoms with Crippen molar-refractivity contribution in [2.75, 3.05) is 27.9 Å². The van der Waals surface area contributed by atoms with Gasteiger partial charge in [0, 0.05) is 26.1 Å². The summed E-state index contributed by atoms with van der Waals surface area (Å²) in [5.74, 6) is 0.645. The van der Waals surface area contributed by atoms with Gasteiger partial charge in [-0.05, 0) is 36.1 Å². The van der Waals surface area contributed by atoms with Gasteiger partial charge in [0.1, 0.15) is 0 Å². The number of aromatic nitrogens is 2. The second-order valence-corrected chi connectivity index (χ2v) is 7.86. The number of benzene rings is 2. The number of hydrogen-bond donors (Lipinski definition) is 4. The highest BCUT2D eigenvalue weighted by atomic mass is 16.6. The molecule has 4 N–H and O–H groups in total. The Kier molecular flexibility index (Phi) is 12.5. The zero-order valence-electron chi connectivity index (χ0n) is 22.2. The molecule has 0 saturated carbocycles. The van der Waals surface area contributed by atoms with Gasteiger partial charge in [-0.25, -0.2) is 5.48 Å². The third-order valence-electron chi connectivity index (χ3n) is 5.44. The maximum absolute atomic E-state index is 9.70. The van der Waals surface area contributed by atoms with Crippen LogP contribution in [0, 0.1) is 0 Å². The van der Waals surface area contributed by atoms with Crippen LogP contribution in [0.5, 0.6) is 6.01 Å². The lowest BCUT2D eigenvalue weighted by atomic mass is 9.98. The number of aliphatic hydroxyl groups excluding tert-OH is 2. The lowest BCUT2D eigenvalue weighted by Crippen LogP contribution is -2.23. The fourth-order valence-electron chi connectivity index (χ4n) is 3.87. The standard InChI is InChI=1S/C27H34N4O4.CH4O/c1-5-7-12-23-24(17-25(32)33)31(27(29-23)35-6-2)18-19-13-15-20(16-14-19)21-10-8-9-11-22(21)26(28-3)30-34-4;1-2/h7-16,25,32-33H,5-6,17-18H2,1-4H3,(H,28,30);2H,1H3/b12-7-;. The van der Waals surface area contributed by atoms with Crippen molar-refractivity contribution in [2.45, 2.75) is 39.5 Å². The molecule has 9 nitrogen and oxygen atoms in total. The summed E-state index contributed by atoms with van der Waals surface area (Å²) < 4.78 is 7.69. The van der Waals surface area contributed by atoms with Crippen molar-refractivity contribution in [1.29, 1.82) is 0 Å². The van der Waals surface area contributed by atoms with Crippen LogP contribution in [0.1, 0.15) is 42.8 Å². The number of rotatable bonds is 11. The molecular formula is C28H38N4O5. The van der Waals surface area contributed by atoms with Crippen LogP contribution < -0.4 is 10.2 Å². The quantitative estimate of drug-likeness (QED) is 0.135. The lowest BCUT2D eigenvalue weighted by molar-refractivity contribution is -0.0394. The Morgan fingerprint density at radius 2 is 1.81 bits per heavy atom. The van der Waals surface area contributed by atoms with Crippen molar-refractivity contribution in [2.24, 2.45) is 4.99 Å². The molecule has 0 spiro atoms. The Morgan fingerprint density at radius 3 is 2.41 bits per heavy atom. The summed E-state index contributed by atoms with van der Waals surface area (Å²) in [6, 6.07) is 16.7. The van der Waals surface area contributed by atoms with Crippen LogP contribution in [0.25, 0.3) is 17.2 Å². The van der Waals surface area contributed by atoms with Gasteiger partial charge in [0.2, 0.25) is 0 Å². The number of nitrogens with one attached hydrogen (secondary N) is 1. The molecule has 1 aromatic heterocycles. The molecule has 0 aliphatic carbocycles. The maximum atomic E-state index is 9.70. The van der Waals surface area contributed by atoms with Crippen LogP contribution >= 0.6 is 0 Å². The molecule has 0 bridgehead atoms. The average molecular weight is 511 g/mol. The third-order valence-corrected chi connectivity index (χ3v) is 5.44. The van der Waals surface area contributed by atoms with Gasteiger partial charge in [0.05, 0.1) is 31.6 Å². The van der Waals surface area contributed by atoms with Gasteiger partial charge in [0.25, 0.3) is 6.01 Å². The Morgan fingerprint density at radius 1 is 1.11 bits per heavy atom. The zero-order valence-corrected chi connectivity index (χ0v) is 22.2. The van der Waals surface area contributed by atoms with E-state index in [4.69, 9.17) is 14.7 Å². The summed E-state index contributed by atoms with van der Waals surface area (Å²) in [5.41, 5.74) is 8.27. The highest BCUT2D eigenvalue weighted by molar-refractivity contribution is 6.03. The van der Waals surface area contributed by atoms with Crippen LogP contribution in [-0.4, -0.2) is 64.9 Å². The molecule has 3 aromatic rings. The molecule has 0 saturated heterocycles. The number of ether oxygens (including phenoxy) is 1. The first-order valence-electron chi connectivity index (χ1n) is 12.2. The summed E-state index contributed by atoms with van der Waals surface area (Å²) in [6.07, 6.45) is 3.32. The van der Waals surface area contributed by atoms with Crippen molar-refractivity contribution in [3.63, 3.8) is 0 Å². The number of imidazole rings is 1. The zero-order chi connectivity index (χ0) is 27.2. The first kappa shape index (κ1) is 29.7. The first-order chi connectivity index (χ1) is 18.0. The molecule has 0 amide bonds. The maximum Gasteiger partial charge on any atom is 0.297 e. The van der Waals surface area contributed by atoms with Crippen LogP contribution in [-0.2, 0) is 17.8 Å². The smallest absolute Gasteiger partial charge is 0.297 e. The number of aliphatic hydroxyl groups is 3. The molecule has 0 unspecified atom stereocenters. The summed E-state index contributed by atoms with van der Waals surface area (Å²) in [6.45, 7) is 4.89. The predicted octanol–water partition coefficient (Wildman–Crippen LogP) is 3.41. The summed E-state index contributed by atoms with van der Waals surface area (Å²) in [5, 5.41) is 26.4. The molecule has 0 aliphatic rings. The van der Waals surface area contributed by atoms with Crippen LogP contribution in [0.2, 0.25) is 0 Å². The number of hydrogen-bond acceptors (Lipinski definition) is 7. The highest BCUT2D eigenvalue weighted by Crippen LogP contribution is 2.27. The van der Waals surface area contributed by atoms with Gasteiger partial charge < -0.3 is 20.1 Å². The third kappa shape index (κ3) is 7.99. The number of amidine groups is 1. The molecule has 0 radical (unpaired) electrons. The van der Waals surface area contributed by atoms with E-state index in [2.05, 4.69) is 39.7 Å². The normalized spacial score (nSPS) is 11.5. The van der Waals surface area contributed by atoms with E-state index in [-0.39, 0.29) is 6.42 Å². The molecule has 37 heavy (non-hydrogen) atoms. The van der Waals surface area contributed by atoms with Crippen molar-refractivity contribution in [1.82, 2.24) is 15.0 Å². The fourth-order valence-corrected chi connectivity index (χ4v) is 3.87. The molecule has 3 rings (SSSR count). The number of aliphatic imine (C=N–C) groups is 1. The Hall–Kier alpha value is -3.50. The monoisotopic (exact) mass is 510 g/mol. The summed E-state index contributed by atoms with van der Waals surface area (Å²) in [7, 11) is 4.27. The minimum absolute atomic E-state index is 0.0561. The van der Waals surface area contributed by atoms with Gasteiger partial charge >= 0.3 is 0 Å². The van der Waals surface area contributed by atoms with Crippen LogP contribution in [0.15, 0.2) is 59.6 Å². The Labute approximate surface area is 218 Å². The van der Waals surface area contributed by atoms with Crippen molar-refractivity contribution in [3.05, 3.63) is 77.1 Å². The molecule has 1 heterocycles. The van der Waals surface area contributed by atoms with Gasteiger partial charge in [0.15, 0.2) is 12.1 Å². The van der Waals surface area contributed by atoms with E-state index in [9.17, 15) is 10.2 Å². The summed E-state index contributed by atoms with van der Waals surface area (Å²) >= 11 is 0. The predicted molar refractivity (Wildman–Crippen MR) is 146 cm³/mol. The van der Waals surface area contributed by atoms with Crippen molar-refractivity contribution < 1.29 is 24.9 Å². The molecule has 0 aliphatic heterocycles. The molecule has 9 heteroatoms. The first-order valence-corrected chi connectivity index (χ1v) is 12.2. The lowest BCUT2D eigenvalue weighted by Gasteiger charge is -2.15. The van der Waals surface area contributed by atoms with E-state index in [0.717, 1.165) is 41.5 Å². The minimum Gasteiger partial charge on any atom is -0.465 e. The van der Waals surface area contributed by atoms with Gasteiger partial charge in [-0.2, -0.15) is 4.98 Å². The molecule has 0 fully saturated rings. The Balaban J connectivity index is 0.00000235. The average Bonchev–Trinajstić information content (AvgIpc) is 3.22. The summed E-state index contributed by atoms with van der Waals surface area (Å²) in [4.78, 5) is 14.0. The van der Waals surface area contributed by atoms with Gasteiger partial charge in [-0.3, -0.25) is 14.4 Å². The topological polar surface area (TPSA) is 121 Å². The van der Waals surface area contributed by atoms with Gasteiger partial charge in [-0.15, -0.1) is 0 Å². The molecule has 0 atom stereocenters. The minimum atomic E-state index is -1.48. The number of hydroxylamine groups is 1. The fraction of sp³-hybridized carbons (Fsp3) is 0.357. The second kappa shape index (κ2) is 15.6. The van der Waals surface area contributed by atoms with E-state index in [1.807, 2.05) is 54.8 Å². The SMILES string of the molecule is CC/C=C\c1nc(OCC)n(Cc2ccc(-c3ccccc3C(=NC)NOC)cc2)c1CC(O)O.CO. The van der Waals surface area contributed by atoms with E-state index in [0.29, 0.717) is 30.7 Å². The number of allylic oxidation sites excluding steroid dienone is 1. The van der Waals surface area contributed by atoms with Crippen molar-refractivity contribution in [3.8, 4) is 17.1 Å². The van der Waals surface area contributed by atoms with Crippen LogP contribution in [0.4, 0.5) is 0 Å². The Bertz CT molecular complexity index is 1150. The van der Waals surface area contributed by atoms with Crippen LogP contribution in [0.3, 0.4) is 0 Å². The molecule has 200 valence electrons. The number of nitrogens with zero attached hydrogens (tertiary/aromatic N) is 3. The van der Waals surface area contributed by atoms with Gasteiger partial charge in [-0.1, -0.05) is 61.5 Å². The molecular weight excluding hydrogens is 472 g/mol.